The highest BCUT2D eigenvalue weighted by molar-refractivity contribution is 7.38. The van der Waals surface area contributed by atoms with Gasteiger partial charge in [-0.05, 0) is 75.0 Å². The van der Waals surface area contributed by atoms with Gasteiger partial charge in [0.25, 0.3) is 0 Å². The number of benzene rings is 2. The van der Waals surface area contributed by atoms with E-state index in [0.717, 1.165) is 50.0 Å². The molecule has 0 amide bonds. The molecule has 8 atom stereocenters. The normalized spacial score (nSPS) is 15.4. The Hall–Kier alpha value is -1.63. The molecule has 440 valence electrons. The van der Waals surface area contributed by atoms with Gasteiger partial charge in [0.05, 0.1) is 17.9 Å². The van der Waals surface area contributed by atoms with Gasteiger partial charge >= 0.3 is 0 Å². The minimum atomic E-state index is -2.44. The first-order valence-corrected chi connectivity index (χ1v) is 33.2. The van der Waals surface area contributed by atoms with Crippen LogP contribution in [0.1, 0.15) is 263 Å². The monoisotopic (exact) mass is 1090 g/mol. The Bertz CT molecular complexity index is 1590. The molecule has 0 N–H and O–H groups in total. The largest absolute Gasteiger partial charge is 0.204 e. The van der Waals surface area contributed by atoms with Crippen LogP contribution in [0.4, 0.5) is 35.1 Å². The minimum absolute atomic E-state index is 0.236. The van der Waals surface area contributed by atoms with Gasteiger partial charge in [-0.2, -0.15) is 25.3 Å². The topological polar surface area (TPSA) is 0 Å². The summed E-state index contributed by atoms with van der Waals surface area (Å²) in [6, 6.07) is 0.665. The summed E-state index contributed by atoms with van der Waals surface area (Å²) in [5.41, 5.74) is -2.95. The van der Waals surface area contributed by atoms with Crippen molar-refractivity contribution in [3.8, 4) is 11.1 Å². The van der Waals surface area contributed by atoms with E-state index in [2.05, 4.69) is 90.0 Å². The van der Waals surface area contributed by atoms with Crippen LogP contribution in [0.5, 0.6) is 0 Å². The maximum absolute atomic E-state index is 13.4. The molecule has 0 heterocycles. The number of unbranched alkanes of at least 4 members (excludes halogenated alkanes) is 4. The van der Waals surface area contributed by atoms with E-state index in [1.54, 1.807) is 25.3 Å². The minimum Gasteiger partial charge on any atom is -0.204 e. The zero-order valence-corrected chi connectivity index (χ0v) is 51.9. The molecule has 0 aliphatic heterocycles. The second kappa shape index (κ2) is 44.2. The van der Waals surface area contributed by atoms with E-state index < -0.39 is 57.7 Å². The van der Waals surface area contributed by atoms with Crippen molar-refractivity contribution in [1.29, 1.82) is 0 Å². The molecule has 2 aromatic rings. The van der Waals surface area contributed by atoms with Gasteiger partial charge in [0.2, 0.25) is 5.82 Å². The fraction of sp³-hybridized carbons (Fsp3) is 0.815. The van der Waals surface area contributed by atoms with Crippen molar-refractivity contribution >= 4 is 14.7 Å². The highest BCUT2D eigenvalue weighted by Gasteiger charge is 2.30. The van der Waals surface area contributed by atoms with Gasteiger partial charge in [0, 0.05) is 11.7 Å². The zero-order chi connectivity index (χ0) is 56.8. The Kier molecular flexibility index (Phi) is 43.2. The second-order valence-electron chi connectivity index (χ2n) is 23.8. The summed E-state index contributed by atoms with van der Waals surface area (Å²) < 4.78 is 105. The quantitative estimate of drug-likeness (QED) is 0.0205. The first-order valence-electron chi connectivity index (χ1n) is 31.6. The van der Waals surface area contributed by atoms with Gasteiger partial charge in [0.1, 0.15) is 0 Å². The van der Waals surface area contributed by atoms with Crippen molar-refractivity contribution in [2.75, 3.05) is 12.3 Å². The van der Waals surface area contributed by atoms with Gasteiger partial charge in [-0.1, -0.05) is 251 Å². The van der Waals surface area contributed by atoms with Crippen LogP contribution in [0.15, 0.2) is 12.1 Å². The first kappa shape index (κ1) is 73.4. The van der Waals surface area contributed by atoms with Gasteiger partial charge in [-0.25, -0.2) is 35.1 Å². The molecule has 2 aromatic carbocycles. The van der Waals surface area contributed by atoms with Crippen molar-refractivity contribution < 1.29 is 35.1 Å². The van der Waals surface area contributed by atoms with Gasteiger partial charge < -0.3 is 0 Å². The molecule has 75 heavy (non-hydrogen) atoms. The van der Waals surface area contributed by atoms with Crippen LogP contribution in [0.25, 0.3) is 11.1 Å². The van der Waals surface area contributed by atoms with Crippen LogP contribution in [-0.4, -0.2) is 18.5 Å². The molecule has 10 heteroatoms. The van der Waals surface area contributed by atoms with Crippen LogP contribution >= 0.6 is 8.58 Å². The molecule has 0 nitrogen and oxygen atoms in total. The van der Waals surface area contributed by atoms with Crippen molar-refractivity contribution in [2.24, 2.45) is 41.4 Å². The SMILES string of the molecule is CCCC(C)C[PH2+]CC(C)CCC(CC)CCC.CCCCC(CC)CC[B-](CCC(CC)CCCC)(CCC(CC)CCCC)CCC(CC)CCCC.Fc1ccc(-c2c(F)c(F)c(F)c(F)c2F)c(F)c1F. The van der Waals surface area contributed by atoms with E-state index in [1.165, 1.54) is 186 Å². The van der Waals surface area contributed by atoms with E-state index >= 15 is 0 Å². The molecule has 8 unspecified atom stereocenters. The molecule has 2 rings (SSSR count). The number of halogens is 8. The average molecular weight is 1090 g/mol. The van der Waals surface area contributed by atoms with Gasteiger partial charge in [0.15, 0.2) is 40.7 Å². The third-order valence-electron chi connectivity index (χ3n) is 17.7. The molecule has 0 radical (unpaired) electrons. The third-order valence-corrected chi connectivity index (χ3v) is 20.0. The molecule has 0 aliphatic rings. The smallest absolute Gasteiger partial charge is 0.200 e. The molecular weight excluding hydrogens is 974 g/mol. The Labute approximate surface area is 460 Å². The van der Waals surface area contributed by atoms with Crippen molar-refractivity contribution in [3.63, 3.8) is 0 Å². The maximum atomic E-state index is 13.4. The Morgan fingerprint density at radius 3 is 1.01 bits per heavy atom. The summed E-state index contributed by atoms with van der Waals surface area (Å²) in [4.78, 5) is 0. The lowest BCUT2D eigenvalue weighted by Gasteiger charge is -2.44. The van der Waals surface area contributed by atoms with E-state index in [4.69, 9.17) is 0 Å². The second-order valence-corrected chi connectivity index (χ2v) is 25.3. The lowest BCUT2D eigenvalue weighted by Crippen LogP contribution is -2.36. The van der Waals surface area contributed by atoms with Crippen LogP contribution in [0.2, 0.25) is 25.3 Å². The van der Waals surface area contributed by atoms with E-state index in [0.29, 0.717) is 12.1 Å². The zero-order valence-electron chi connectivity index (χ0n) is 50.7. The van der Waals surface area contributed by atoms with Gasteiger partial charge in [-0.15, -0.1) is 0 Å². The van der Waals surface area contributed by atoms with Crippen LogP contribution in [0.3, 0.4) is 0 Å². The van der Waals surface area contributed by atoms with Crippen molar-refractivity contribution in [2.45, 2.75) is 289 Å². The van der Waals surface area contributed by atoms with E-state index in [1.807, 2.05) is 0 Å². The molecule has 0 saturated heterocycles. The number of hydrogen-bond acceptors (Lipinski definition) is 0. The van der Waals surface area contributed by atoms with Crippen molar-refractivity contribution in [3.05, 3.63) is 58.7 Å². The van der Waals surface area contributed by atoms with Crippen molar-refractivity contribution in [1.82, 2.24) is 0 Å². The predicted molar refractivity (Wildman–Crippen MR) is 319 cm³/mol. The first-order chi connectivity index (χ1) is 35.9. The lowest BCUT2D eigenvalue weighted by molar-refractivity contribution is 0.380. The van der Waals surface area contributed by atoms with Crippen LogP contribution < -0.4 is 0 Å². The van der Waals surface area contributed by atoms with E-state index in [9.17, 15) is 35.1 Å². The average Bonchev–Trinajstić information content (AvgIpc) is 3.41. The Balaban J connectivity index is 0.00000120. The Morgan fingerprint density at radius 1 is 0.347 bits per heavy atom. The number of hydrogen-bond donors (Lipinski definition) is 0. The number of rotatable bonds is 41. The Morgan fingerprint density at radius 2 is 0.680 bits per heavy atom. The molecule has 0 bridgehead atoms. The fourth-order valence-electron chi connectivity index (χ4n) is 11.8. The van der Waals surface area contributed by atoms with Crippen LogP contribution in [-0.2, 0) is 0 Å². The molecular formula is C65H116BF8P. The predicted octanol–water partition coefficient (Wildman–Crippen LogP) is 24.4. The summed E-state index contributed by atoms with van der Waals surface area (Å²) >= 11 is 0. The molecule has 0 spiro atoms. The summed E-state index contributed by atoms with van der Waals surface area (Å²) in [7, 11) is 0.721. The molecule has 0 aromatic heterocycles. The molecule has 0 fully saturated rings. The maximum Gasteiger partial charge on any atom is 0.200 e. The molecule has 0 saturated carbocycles. The summed E-state index contributed by atoms with van der Waals surface area (Å²) in [6.45, 7) is 31.3. The summed E-state index contributed by atoms with van der Waals surface area (Å²) in [6.07, 6.45) is 48.0. The fourth-order valence-corrected chi connectivity index (χ4v) is 13.6. The van der Waals surface area contributed by atoms with Gasteiger partial charge in [-0.3, -0.25) is 0 Å². The highest BCUT2D eigenvalue weighted by Crippen LogP contribution is 2.41. The summed E-state index contributed by atoms with van der Waals surface area (Å²) in [5, 5.41) is 0. The lowest BCUT2D eigenvalue weighted by atomic mass is 9.16. The standard InChI is InChI=1S/C36H76B.C17H37P.C12H2F8/c1-9-17-21-33(13-5)25-29-37(30-26-34(14-6)22-18-10-2,31-27-35(15-7)23-19-11-3)32-28-36(16-8)24-20-12-4;1-6-9-15(4)13-18-14-16(5)11-12-17(8-3)10-7-2;13-4-2-1-3(6(14)7(4)15)5-8(16)10(18)12(20)11(19)9(5)17/h33-36H,9-32H2,1-8H3;15-18H,6-14H2,1-5H3;1-2H/q-1;;/p+1. The third kappa shape index (κ3) is 29.4. The highest BCUT2D eigenvalue weighted by atomic mass is 31.1. The molecule has 0 aliphatic carbocycles. The summed E-state index contributed by atoms with van der Waals surface area (Å²) in [5.74, 6) is -10.7. The van der Waals surface area contributed by atoms with Crippen LogP contribution in [0, 0.1) is 88.0 Å². The van der Waals surface area contributed by atoms with E-state index in [-0.39, 0.29) is 6.15 Å².